The number of aliphatic hydroxyl groups excluding tert-OH is 1. The maximum atomic E-state index is 13.0. The van der Waals surface area contributed by atoms with E-state index in [-0.39, 0.29) is 25.7 Å². The Morgan fingerprint density at radius 3 is 0.782 bits per heavy atom. The van der Waals surface area contributed by atoms with Crippen molar-refractivity contribution in [1.82, 2.24) is 0 Å². The van der Waals surface area contributed by atoms with Crippen molar-refractivity contribution in [2.24, 2.45) is 11.8 Å². The van der Waals surface area contributed by atoms with E-state index in [9.17, 15) is 43.2 Å². The molecule has 17 nitrogen and oxygen atoms in total. The molecule has 0 rings (SSSR count). The molecular weight excluding hydrogens is 1150 g/mol. The zero-order valence-electron chi connectivity index (χ0n) is 56.3. The Morgan fingerprint density at radius 2 is 0.529 bits per heavy atom. The summed E-state index contributed by atoms with van der Waals surface area (Å²) in [6.07, 6.45) is 44.7. The highest BCUT2D eigenvalue weighted by molar-refractivity contribution is 7.47. The van der Waals surface area contributed by atoms with Crippen LogP contribution in [-0.2, 0) is 65.4 Å². The number of aliphatic hydroxyl groups is 1. The minimum absolute atomic E-state index is 0.101. The van der Waals surface area contributed by atoms with Crippen LogP contribution in [-0.4, -0.2) is 96.7 Å². The van der Waals surface area contributed by atoms with Crippen LogP contribution in [0.2, 0.25) is 0 Å². The number of ether oxygens (including phenoxy) is 4. The van der Waals surface area contributed by atoms with Crippen LogP contribution in [0.3, 0.4) is 0 Å². The van der Waals surface area contributed by atoms with Gasteiger partial charge in [0, 0.05) is 25.7 Å². The van der Waals surface area contributed by atoms with E-state index in [0.717, 1.165) is 96.3 Å². The van der Waals surface area contributed by atoms with Crippen LogP contribution in [0.4, 0.5) is 0 Å². The Bertz CT molecular complexity index is 1700. The number of unbranched alkanes of at least 4 members (excludes halogenated alkanes) is 37. The number of carbonyl (C=O) groups is 4. The first kappa shape index (κ1) is 85.1. The molecule has 0 aliphatic carbocycles. The van der Waals surface area contributed by atoms with E-state index < -0.39 is 97.5 Å². The number of rotatable bonds is 67. The van der Waals surface area contributed by atoms with Gasteiger partial charge in [-0.25, -0.2) is 9.13 Å². The zero-order valence-corrected chi connectivity index (χ0v) is 58.1. The number of phosphoric acid groups is 2. The minimum Gasteiger partial charge on any atom is -0.462 e. The molecule has 3 N–H and O–H groups in total. The lowest BCUT2D eigenvalue weighted by atomic mass is 10.0. The van der Waals surface area contributed by atoms with Crippen molar-refractivity contribution >= 4 is 39.5 Å². The quantitative estimate of drug-likeness (QED) is 0.0222. The molecule has 0 aromatic rings. The molecule has 0 saturated carbocycles. The summed E-state index contributed by atoms with van der Waals surface area (Å²) >= 11 is 0. The van der Waals surface area contributed by atoms with E-state index >= 15 is 0 Å². The van der Waals surface area contributed by atoms with E-state index in [1.165, 1.54) is 154 Å². The van der Waals surface area contributed by atoms with E-state index in [1.54, 1.807) is 0 Å². The lowest BCUT2D eigenvalue weighted by molar-refractivity contribution is -0.161. The predicted molar refractivity (Wildman–Crippen MR) is 349 cm³/mol. The van der Waals surface area contributed by atoms with E-state index in [4.69, 9.17) is 37.0 Å². The summed E-state index contributed by atoms with van der Waals surface area (Å²) in [7, 11) is -9.89. The minimum atomic E-state index is -4.95. The van der Waals surface area contributed by atoms with E-state index in [1.807, 2.05) is 0 Å². The molecule has 0 radical (unpaired) electrons. The molecule has 5 atom stereocenters. The van der Waals surface area contributed by atoms with Crippen LogP contribution in [0.25, 0.3) is 0 Å². The highest BCUT2D eigenvalue weighted by atomic mass is 31.2. The number of hydrogen-bond donors (Lipinski definition) is 3. The van der Waals surface area contributed by atoms with Gasteiger partial charge in [0.25, 0.3) is 0 Å². The Labute approximate surface area is 530 Å². The zero-order chi connectivity index (χ0) is 64.3. The van der Waals surface area contributed by atoms with Crippen LogP contribution in [0.1, 0.15) is 343 Å². The second-order valence-corrected chi connectivity index (χ2v) is 28.4. The van der Waals surface area contributed by atoms with Gasteiger partial charge in [0.05, 0.1) is 26.4 Å². The van der Waals surface area contributed by atoms with Crippen molar-refractivity contribution in [3.8, 4) is 0 Å². The molecule has 2 unspecified atom stereocenters. The number of carbonyl (C=O) groups excluding carboxylic acids is 4. The third kappa shape index (κ3) is 62.6. The Morgan fingerprint density at radius 1 is 0.310 bits per heavy atom. The van der Waals surface area contributed by atoms with Crippen LogP contribution in [0.15, 0.2) is 0 Å². The fourth-order valence-electron chi connectivity index (χ4n) is 10.2. The summed E-state index contributed by atoms with van der Waals surface area (Å²) in [5, 5.41) is 10.6. The summed E-state index contributed by atoms with van der Waals surface area (Å²) in [4.78, 5) is 72.3. The normalized spacial score (nSPS) is 14.2. The van der Waals surface area contributed by atoms with Gasteiger partial charge < -0.3 is 33.8 Å². The average Bonchev–Trinajstić information content (AvgIpc) is 3.52. The molecule has 0 saturated heterocycles. The van der Waals surface area contributed by atoms with Gasteiger partial charge in [0.2, 0.25) is 0 Å². The topological polar surface area (TPSA) is 237 Å². The predicted octanol–water partition coefficient (Wildman–Crippen LogP) is 19.2. The van der Waals surface area contributed by atoms with Gasteiger partial charge >= 0.3 is 39.5 Å². The number of phosphoric ester groups is 2. The molecule has 516 valence electrons. The van der Waals surface area contributed by atoms with Crippen LogP contribution in [0, 0.1) is 11.8 Å². The third-order valence-electron chi connectivity index (χ3n) is 15.7. The highest BCUT2D eigenvalue weighted by Gasteiger charge is 2.30. The molecule has 0 aromatic heterocycles. The highest BCUT2D eigenvalue weighted by Crippen LogP contribution is 2.45. The van der Waals surface area contributed by atoms with E-state index in [2.05, 4.69) is 41.5 Å². The van der Waals surface area contributed by atoms with Gasteiger partial charge in [0.1, 0.15) is 19.3 Å². The van der Waals surface area contributed by atoms with Gasteiger partial charge in [-0.3, -0.25) is 37.3 Å². The third-order valence-corrected chi connectivity index (χ3v) is 17.6. The van der Waals surface area contributed by atoms with Gasteiger partial charge in [-0.05, 0) is 37.5 Å². The fourth-order valence-corrected chi connectivity index (χ4v) is 11.8. The summed E-state index contributed by atoms with van der Waals surface area (Å²) in [5.41, 5.74) is 0. The van der Waals surface area contributed by atoms with Crippen molar-refractivity contribution in [1.29, 1.82) is 0 Å². The SMILES string of the molecule is CCCCCCCCCCCCCCCCCCC(=O)O[C@H](COC(=O)CCCCCCCCCCCCCCC)COP(=O)(O)OC[C@@H](O)COP(=O)(O)OC[C@@H](COC(=O)CCCCCCCCC(C)C)OC(=O)CCCCCCCCC(C)C. The molecule has 87 heavy (non-hydrogen) atoms. The molecule has 0 bridgehead atoms. The second-order valence-electron chi connectivity index (χ2n) is 25.5. The average molecular weight is 1280 g/mol. The largest absolute Gasteiger partial charge is 0.472 e. The first-order chi connectivity index (χ1) is 41.9. The van der Waals surface area contributed by atoms with Gasteiger partial charge in [-0.15, -0.1) is 0 Å². The lowest BCUT2D eigenvalue weighted by Gasteiger charge is -2.21. The van der Waals surface area contributed by atoms with Gasteiger partial charge in [-0.2, -0.15) is 0 Å². The van der Waals surface area contributed by atoms with Crippen LogP contribution in [0.5, 0.6) is 0 Å². The molecule has 0 spiro atoms. The van der Waals surface area contributed by atoms with E-state index in [0.29, 0.717) is 37.5 Å². The van der Waals surface area contributed by atoms with Gasteiger partial charge in [0.15, 0.2) is 12.2 Å². The lowest BCUT2D eigenvalue weighted by Crippen LogP contribution is -2.30. The van der Waals surface area contributed by atoms with Gasteiger partial charge in [-0.1, -0.05) is 292 Å². The Hall–Kier alpha value is -1.94. The molecule has 0 heterocycles. The van der Waals surface area contributed by atoms with Crippen molar-refractivity contribution in [3.63, 3.8) is 0 Å². The standard InChI is InChI=1S/C68H132O17P2/c1-7-9-11-13-15-17-19-21-22-23-25-27-29-31-40-46-52-67(72)84-63(56-78-65(70)50-44-38-30-28-26-24-20-18-16-14-12-10-8-2)58-82-86(74,75)80-54-62(69)55-81-87(76,77)83-59-64(85-68(73)53-47-41-35-33-37-43-49-61(5)6)57-79-66(71)51-45-39-34-32-36-42-48-60(3)4/h60-64,69H,7-59H2,1-6H3,(H,74,75)(H,76,77)/t62-,63-,64-/m1/s1. The van der Waals surface area contributed by atoms with Crippen LogP contribution < -0.4 is 0 Å². The van der Waals surface area contributed by atoms with Crippen molar-refractivity contribution in [3.05, 3.63) is 0 Å². The summed E-state index contributed by atoms with van der Waals surface area (Å²) in [5.74, 6) is -0.783. The van der Waals surface area contributed by atoms with Crippen LogP contribution >= 0.6 is 15.6 Å². The first-order valence-corrected chi connectivity index (χ1v) is 38.5. The maximum Gasteiger partial charge on any atom is 0.472 e. The molecule has 0 aliphatic rings. The fraction of sp³-hybridized carbons (Fsp3) is 0.941. The summed E-state index contributed by atoms with van der Waals surface area (Å²) in [6, 6.07) is 0. The molecule has 0 amide bonds. The molecule has 0 aliphatic heterocycles. The molecule has 0 fully saturated rings. The Kier molecular flexibility index (Phi) is 59.0. The van der Waals surface area contributed by atoms with Crippen molar-refractivity contribution < 1.29 is 80.2 Å². The monoisotopic (exact) mass is 1280 g/mol. The van der Waals surface area contributed by atoms with Crippen molar-refractivity contribution in [2.75, 3.05) is 39.6 Å². The molecule has 19 heteroatoms. The smallest absolute Gasteiger partial charge is 0.462 e. The van der Waals surface area contributed by atoms with Crippen molar-refractivity contribution in [2.45, 2.75) is 362 Å². The number of esters is 4. The maximum absolute atomic E-state index is 13.0. The number of hydrogen-bond acceptors (Lipinski definition) is 15. The Balaban J connectivity index is 5.22. The summed E-state index contributed by atoms with van der Waals surface area (Å²) in [6.45, 7) is 9.36. The molecule has 0 aromatic carbocycles. The first-order valence-electron chi connectivity index (χ1n) is 35.5. The summed E-state index contributed by atoms with van der Waals surface area (Å²) < 4.78 is 68.1. The second kappa shape index (κ2) is 60.3. The molecular formula is C68H132O17P2.